The van der Waals surface area contributed by atoms with Gasteiger partial charge in [0.15, 0.2) is 0 Å². The normalized spacial score (nSPS) is 18.0. The molecule has 0 spiro atoms. The van der Waals surface area contributed by atoms with Crippen LogP contribution in [0.15, 0.2) is 77.7 Å². The first-order valence-corrected chi connectivity index (χ1v) is 13.7. The van der Waals surface area contributed by atoms with E-state index in [0.29, 0.717) is 0 Å². The summed E-state index contributed by atoms with van der Waals surface area (Å²) in [4.78, 5) is 3.80. The van der Waals surface area contributed by atoms with Gasteiger partial charge in [-0.25, -0.2) is 8.70 Å². The maximum absolute atomic E-state index is 13.2. The third-order valence-corrected chi connectivity index (χ3v) is 8.24. The lowest BCUT2D eigenvalue weighted by molar-refractivity contribution is 0.189. The van der Waals surface area contributed by atoms with E-state index in [1.54, 1.807) is 0 Å². The number of benzene rings is 3. The summed E-state index contributed by atoms with van der Waals surface area (Å²) < 4.78 is 21.7. The van der Waals surface area contributed by atoms with Gasteiger partial charge in [-0.05, 0) is 83.8 Å². The van der Waals surface area contributed by atoms with Crippen molar-refractivity contribution in [2.24, 2.45) is 5.92 Å². The Morgan fingerprint density at radius 1 is 0.743 bits per heavy atom. The van der Waals surface area contributed by atoms with Crippen molar-refractivity contribution in [3.63, 3.8) is 0 Å². The van der Waals surface area contributed by atoms with Crippen molar-refractivity contribution in [1.82, 2.24) is 9.21 Å². The molecule has 1 saturated carbocycles. The zero-order valence-corrected chi connectivity index (χ0v) is 21.2. The summed E-state index contributed by atoms with van der Waals surface area (Å²) in [6, 6.07) is 24.0. The Hall–Kier alpha value is -2.34. The molecular weight excluding hydrogens is 455 g/mol. The van der Waals surface area contributed by atoms with Crippen molar-refractivity contribution in [3.05, 3.63) is 84.2 Å². The largest absolute Gasteiger partial charge is 0.493 e. The number of hydrogen-bond donors (Lipinski definition) is 0. The lowest BCUT2D eigenvalue weighted by Crippen LogP contribution is -2.42. The summed E-state index contributed by atoms with van der Waals surface area (Å²) in [6.45, 7) is 6.07. The molecule has 2 aliphatic rings. The summed E-state index contributed by atoms with van der Waals surface area (Å²) in [5.41, 5.74) is 3.49. The van der Waals surface area contributed by atoms with Crippen LogP contribution < -0.4 is 4.74 Å². The summed E-state index contributed by atoms with van der Waals surface area (Å²) in [7, 11) is 0. The zero-order valence-electron chi connectivity index (χ0n) is 20.4. The maximum Gasteiger partial charge on any atom is 0.123 e. The van der Waals surface area contributed by atoms with Crippen LogP contribution in [-0.2, 0) is 6.54 Å². The molecule has 1 aliphatic carbocycles. The van der Waals surface area contributed by atoms with E-state index in [0.717, 1.165) is 62.1 Å². The Bertz CT molecular complexity index is 1040. The summed E-state index contributed by atoms with van der Waals surface area (Å²) in [5.74, 6) is 1.54. The van der Waals surface area contributed by atoms with Crippen molar-refractivity contribution >= 4 is 11.9 Å². The molecule has 0 amide bonds. The van der Waals surface area contributed by atoms with Crippen LogP contribution in [0.2, 0.25) is 0 Å². The Morgan fingerprint density at radius 3 is 2.03 bits per heavy atom. The molecule has 3 aromatic rings. The molecule has 0 unspecified atom stereocenters. The molecule has 3 nitrogen and oxygen atoms in total. The molecule has 0 N–H and O–H groups in total. The van der Waals surface area contributed by atoms with E-state index in [2.05, 4.69) is 57.7 Å². The lowest BCUT2D eigenvalue weighted by atomic mass is 9.90. The standard InChI is InChI=1S/C30H35FN2OS/c31-28-12-10-27(11-13-28)26-8-6-24(7-9-26)22-32-18-20-33(21-19-32)35-30-16-14-29(15-17-30)34-23-25-4-2-1-3-5-25/h6-17,25H,1-5,18-23H2. The van der Waals surface area contributed by atoms with E-state index in [-0.39, 0.29) is 5.82 Å². The zero-order chi connectivity index (χ0) is 23.9. The molecule has 0 aromatic heterocycles. The van der Waals surface area contributed by atoms with Crippen LogP contribution in [0.1, 0.15) is 37.7 Å². The topological polar surface area (TPSA) is 15.7 Å². The smallest absolute Gasteiger partial charge is 0.123 e. The monoisotopic (exact) mass is 490 g/mol. The number of ether oxygens (including phenoxy) is 1. The van der Waals surface area contributed by atoms with Gasteiger partial charge in [0, 0.05) is 37.6 Å². The minimum absolute atomic E-state index is 0.196. The summed E-state index contributed by atoms with van der Waals surface area (Å²) >= 11 is 1.85. The van der Waals surface area contributed by atoms with Gasteiger partial charge in [0.2, 0.25) is 0 Å². The minimum Gasteiger partial charge on any atom is -0.493 e. The highest BCUT2D eigenvalue weighted by Gasteiger charge is 2.18. The first-order valence-electron chi connectivity index (χ1n) is 12.9. The highest BCUT2D eigenvalue weighted by atomic mass is 32.2. The average Bonchev–Trinajstić information content (AvgIpc) is 2.91. The van der Waals surface area contributed by atoms with E-state index in [9.17, 15) is 4.39 Å². The van der Waals surface area contributed by atoms with E-state index in [1.165, 1.54) is 54.7 Å². The predicted octanol–water partition coefficient (Wildman–Crippen LogP) is 7.28. The summed E-state index contributed by atoms with van der Waals surface area (Å²) in [5, 5.41) is 0. The fraction of sp³-hybridized carbons (Fsp3) is 0.400. The van der Waals surface area contributed by atoms with Crippen molar-refractivity contribution < 1.29 is 9.13 Å². The highest BCUT2D eigenvalue weighted by Crippen LogP contribution is 2.28. The highest BCUT2D eigenvalue weighted by molar-refractivity contribution is 7.97. The number of halogens is 1. The first kappa shape index (κ1) is 24.4. The molecule has 5 heteroatoms. The van der Waals surface area contributed by atoms with Crippen molar-refractivity contribution in [3.8, 4) is 16.9 Å². The SMILES string of the molecule is Fc1ccc(-c2ccc(CN3CCN(Sc4ccc(OCC5CCCCC5)cc4)CC3)cc2)cc1. The van der Waals surface area contributed by atoms with Crippen LogP contribution in [0.25, 0.3) is 11.1 Å². The molecule has 0 radical (unpaired) electrons. The number of hydrogen-bond acceptors (Lipinski definition) is 4. The molecule has 1 saturated heterocycles. The number of rotatable bonds is 8. The molecule has 184 valence electrons. The second kappa shape index (κ2) is 12.1. The van der Waals surface area contributed by atoms with Gasteiger partial charge < -0.3 is 4.74 Å². The molecule has 0 bridgehead atoms. The molecule has 2 fully saturated rings. The quantitative estimate of drug-likeness (QED) is 0.308. The van der Waals surface area contributed by atoms with E-state index < -0.39 is 0 Å². The van der Waals surface area contributed by atoms with Gasteiger partial charge in [-0.15, -0.1) is 0 Å². The Balaban J connectivity index is 1.04. The fourth-order valence-electron chi connectivity index (χ4n) is 5.00. The van der Waals surface area contributed by atoms with Gasteiger partial charge in [-0.2, -0.15) is 0 Å². The van der Waals surface area contributed by atoms with E-state index >= 15 is 0 Å². The molecule has 3 aromatic carbocycles. The van der Waals surface area contributed by atoms with Crippen LogP contribution in [0.5, 0.6) is 5.75 Å². The first-order chi connectivity index (χ1) is 17.2. The van der Waals surface area contributed by atoms with E-state index in [1.807, 2.05) is 24.1 Å². The summed E-state index contributed by atoms with van der Waals surface area (Å²) in [6.07, 6.45) is 6.76. The molecule has 1 aliphatic heterocycles. The van der Waals surface area contributed by atoms with Crippen molar-refractivity contribution in [2.75, 3.05) is 32.8 Å². The van der Waals surface area contributed by atoms with Gasteiger partial charge in [0.05, 0.1) is 6.61 Å². The Morgan fingerprint density at radius 2 is 1.37 bits per heavy atom. The van der Waals surface area contributed by atoms with Crippen LogP contribution in [0.4, 0.5) is 4.39 Å². The molecule has 35 heavy (non-hydrogen) atoms. The van der Waals surface area contributed by atoms with Crippen molar-refractivity contribution in [2.45, 2.75) is 43.5 Å². The molecule has 0 atom stereocenters. The maximum atomic E-state index is 13.2. The van der Waals surface area contributed by atoms with E-state index in [4.69, 9.17) is 4.74 Å². The number of piperazine rings is 1. The van der Waals surface area contributed by atoms with Crippen LogP contribution in [-0.4, -0.2) is 42.0 Å². The second-order valence-electron chi connectivity index (χ2n) is 9.79. The Labute approximate surface area is 213 Å². The molecular formula is C30H35FN2OS. The van der Waals surface area contributed by atoms with Crippen LogP contribution >= 0.6 is 11.9 Å². The van der Waals surface area contributed by atoms with Crippen molar-refractivity contribution in [1.29, 1.82) is 0 Å². The van der Waals surface area contributed by atoms with Gasteiger partial charge in [0.25, 0.3) is 0 Å². The minimum atomic E-state index is -0.196. The van der Waals surface area contributed by atoms with Gasteiger partial charge in [-0.1, -0.05) is 55.7 Å². The average molecular weight is 491 g/mol. The predicted molar refractivity (Wildman–Crippen MR) is 143 cm³/mol. The Kier molecular flexibility index (Phi) is 8.40. The molecule has 1 heterocycles. The fourth-order valence-corrected chi connectivity index (χ4v) is 5.90. The van der Waals surface area contributed by atoms with Crippen LogP contribution in [0, 0.1) is 11.7 Å². The second-order valence-corrected chi connectivity index (χ2v) is 11.0. The van der Waals surface area contributed by atoms with Gasteiger partial charge >= 0.3 is 0 Å². The van der Waals surface area contributed by atoms with Crippen LogP contribution in [0.3, 0.4) is 0 Å². The number of nitrogens with zero attached hydrogens (tertiary/aromatic N) is 2. The third-order valence-electron chi connectivity index (χ3n) is 7.14. The lowest BCUT2D eigenvalue weighted by Gasteiger charge is -2.33. The third kappa shape index (κ3) is 7.09. The molecule has 5 rings (SSSR count). The van der Waals surface area contributed by atoms with Gasteiger partial charge in [0.1, 0.15) is 11.6 Å². The van der Waals surface area contributed by atoms with Gasteiger partial charge in [-0.3, -0.25) is 4.90 Å².